The molecule has 3 nitrogen and oxygen atoms in total. The zero-order valence-electron chi connectivity index (χ0n) is 23.2. The molecular formula is C30H58O3. The molecule has 0 saturated heterocycles. The molecule has 196 valence electrons. The van der Waals surface area contributed by atoms with E-state index >= 15 is 0 Å². The van der Waals surface area contributed by atoms with Crippen LogP contribution < -0.4 is 0 Å². The molecule has 33 heavy (non-hydrogen) atoms. The lowest BCUT2D eigenvalue weighted by Gasteiger charge is -2.31. The maximum absolute atomic E-state index is 11.8. The van der Waals surface area contributed by atoms with Crippen LogP contribution in [0.3, 0.4) is 0 Å². The van der Waals surface area contributed by atoms with E-state index in [1.54, 1.807) is 13.8 Å². The molecule has 0 heterocycles. The minimum Gasteiger partial charge on any atom is -0.375 e. The molecule has 0 fully saturated rings. The number of carbonyl (C=O) groups is 1. The first-order valence-corrected chi connectivity index (χ1v) is 14.3. The molecule has 0 radical (unpaired) electrons. The molecule has 0 aliphatic carbocycles. The third-order valence-corrected chi connectivity index (χ3v) is 7.07. The van der Waals surface area contributed by atoms with Gasteiger partial charge in [-0.1, -0.05) is 117 Å². The highest BCUT2D eigenvalue weighted by Gasteiger charge is 2.28. The normalized spacial score (nSPS) is 13.7. The van der Waals surface area contributed by atoms with Crippen molar-refractivity contribution in [1.82, 2.24) is 0 Å². The van der Waals surface area contributed by atoms with Crippen LogP contribution in [-0.2, 0) is 14.3 Å². The molecule has 0 aromatic carbocycles. The van der Waals surface area contributed by atoms with Crippen LogP contribution in [0.2, 0.25) is 0 Å². The number of carbonyl (C=O) groups excluding carboxylic acids is 1. The molecule has 0 amide bonds. The highest BCUT2D eigenvalue weighted by molar-refractivity contribution is 5.95. The number of hydrogen-bond acceptors (Lipinski definition) is 3. The van der Waals surface area contributed by atoms with Gasteiger partial charge in [0.2, 0.25) is 0 Å². The van der Waals surface area contributed by atoms with Crippen molar-refractivity contribution in [1.29, 1.82) is 0 Å². The Bertz CT molecular complexity index is 471. The fourth-order valence-corrected chi connectivity index (χ4v) is 4.16. The number of ketones is 1. The van der Waals surface area contributed by atoms with E-state index in [0.29, 0.717) is 6.61 Å². The Labute approximate surface area is 207 Å². The van der Waals surface area contributed by atoms with Crippen LogP contribution in [-0.4, -0.2) is 30.2 Å². The van der Waals surface area contributed by atoms with Crippen molar-refractivity contribution in [2.24, 2.45) is 0 Å². The van der Waals surface area contributed by atoms with Crippen molar-refractivity contribution in [3.63, 3.8) is 0 Å². The van der Waals surface area contributed by atoms with Gasteiger partial charge in [0.15, 0.2) is 5.78 Å². The van der Waals surface area contributed by atoms with Crippen LogP contribution in [0.25, 0.3) is 0 Å². The molecule has 0 spiro atoms. The van der Waals surface area contributed by atoms with Gasteiger partial charge in [0.05, 0.1) is 12.2 Å². The molecular weight excluding hydrogens is 408 g/mol. The van der Waals surface area contributed by atoms with E-state index in [4.69, 9.17) is 9.47 Å². The number of rotatable bonds is 25. The first kappa shape index (κ1) is 32.3. The van der Waals surface area contributed by atoms with Gasteiger partial charge < -0.3 is 9.47 Å². The highest BCUT2D eigenvalue weighted by atomic mass is 16.5. The summed E-state index contributed by atoms with van der Waals surface area (Å²) in [6.07, 6.45) is 25.3. The monoisotopic (exact) mass is 466 g/mol. The standard InChI is InChI=1S/C30H58O3/c1-7-10-11-12-13-14-15-16-17-18-19-20-21-22-23-24-26-33-30(6,9-3)25-27-32-29(4,5)28(31)8-2/h8H,2,7,9-27H2,1,3-6H3. The third kappa shape index (κ3) is 18.3. The molecule has 0 aliphatic rings. The van der Waals surface area contributed by atoms with Gasteiger partial charge in [-0.15, -0.1) is 0 Å². The summed E-state index contributed by atoms with van der Waals surface area (Å²) in [7, 11) is 0. The highest BCUT2D eigenvalue weighted by Crippen LogP contribution is 2.23. The van der Waals surface area contributed by atoms with Crippen LogP contribution >= 0.6 is 0 Å². The minimum absolute atomic E-state index is 0.0743. The van der Waals surface area contributed by atoms with E-state index in [0.717, 1.165) is 25.9 Å². The van der Waals surface area contributed by atoms with Gasteiger partial charge in [-0.3, -0.25) is 4.79 Å². The van der Waals surface area contributed by atoms with Crippen LogP contribution in [0.1, 0.15) is 150 Å². The summed E-state index contributed by atoms with van der Waals surface area (Å²) >= 11 is 0. The first-order valence-electron chi connectivity index (χ1n) is 14.3. The Kier molecular flexibility index (Phi) is 20.3. The van der Waals surface area contributed by atoms with Crippen LogP contribution in [0.4, 0.5) is 0 Å². The van der Waals surface area contributed by atoms with Gasteiger partial charge >= 0.3 is 0 Å². The number of ether oxygens (including phenoxy) is 2. The molecule has 0 N–H and O–H groups in total. The predicted molar refractivity (Wildman–Crippen MR) is 144 cm³/mol. The number of unbranched alkanes of at least 4 members (excludes halogenated alkanes) is 15. The van der Waals surface area contributed by atoms with Crippen molar-refractivity contribution in [2.45, 2.75) is 161 Å². The second kappa shape index (κ2) is 20.7. The summed E-state index contributed by atoms with van der Waals surface area (Å²) in [6.45, 7) is 15.1. The van der Waals surface area contributed by atoms with Crippen LogP contribution in [0.15, 0.2) is 12.7 Å². The fraction of sp³-hybridized carbons (Fsp3) is 0.900. The van der Waals surface area contributed by atoms with Crippen LogP contribution in [0, 0.1) is 0 Å². The fourth-order valence-electron chi connectivity index (χ4n) is 4.16. The number of hydrogen-bond donors (Lipinski definition) is 0. The SMILES string of the molecule is C=CC(=O)C(C)(C)OCCC(C)(CC)OCCCCCCCCCCCCCCCCCC. The Morgan fingerprint density at radius 2 is 1.09 bits per heavy atom. The van der Waals surface area contributed by atoms with E-state index in [1.165, 1.54) is 102 Å². The quantitative estimate of drug-likeness (QED) is 0.0992. The van der Waals surface area contributed by atoms with Gasteiger partial charge in [-0.25, -0.2) is 0 Å². The second-order valence-electron chi connectivity index (χ2n) is 10.6. The van der Waals surface area contributed by atoms with Gasteiger partial charge in [0, 0.05) is 6.61 Å². The lowest BCUT2D eigenvalue weighted by Crippen LogP contribution is -2.37. The molecule has 0 aliphatic heterocycles. The summed E-state index contributed by atoms with van der Waals surface area (Å²) in [5.74, 6) is -0.0743. The van der Waals surface area contributed by atoms with Crippen LogP contribution in [0.5, 0.6) is 0 Å². The van der Waals surface area contributed by atoms with Gasteiger partial charge in [0.1, 0.15) is 5.60 Å². The van der Waals surface area contributed by atoms with Gasteiger partial charge in [-0.05, 0) is 46.1 Å². The van der Waals surface area contributed by atoms with Crippen molar-refractivity contribution in [3.05, 3.63) is 12.7 Å². The molecule has 0 bridgehead atoms. The Morgan fingerprint density at radius 1 is 0.667 bits per heavy atom. The topological polar surface area (TPSA) is 35.5 Å². The smallest absolute Gasteiger partial charge is 0.186 e. The van der Waals surface area contributed by atoms with Gasteiger partial charge in [0.25, 0.3) is 0 Å². The largest absolute Gasteiger partial charge is 0.375 e. The van der Waals surface area contributed by atoms with Crippen molar-refractivity contribution in [2.75, 3.05) is 13.2 Å². The summed E-state index contributed by atoms with van der Waals surface area (Å²) in [5, 5.41) is 0. The zero-order valence-corrected chi connectivity index (χ0v) is 23.2. The third-order valence-electron chi connectivity index (χ3n) is 7.07. The van der Waals surface area contributed by atoms with Crippen molar-refractivity contribution >= 4 is 5.78 Å². The van der Waals surface area contributed by atoms with Crippen molar-refractivity contribution < 1.29 is 14.3 Å². The van der Waals surface area contributed by atoms with E-state index in [1.807, 2.05) is 0 Å². The first-order chi connectivity index (χ1) is 15.8. The summed E-state index contributed by atoms with van der Waals surface area (Å²) in [6, 6.07) is 0. The minimum atomic E-state index is -0.801. The molecule has 3 heteroatoms. The van der Waals surface area contributed by atoms with Crippen molar-refractivity contribution in [3.8, 4) is 0 Å². The average Bonchev–Trinajstić information content (AvgIpc) is 2.80. The van der Waals surface area contributed by atoms with E-state index in [9.17, 15) is 4.79 Å². The summed E-state index contributed by atoms with van der Waals surface area (Å²) < 4.78 is 12.0. The Morgan fingerprint density at radius 3 is 1.48 bits per heavy atom. The molecule has 0 aromatic rings. The van der Waals surface area contributed by atoms with Gasteiger partial charge in [-0.2, -0.15) is 0 Å². The van der Waals surface area contributed by atoms with E-state index in [2.05, 4.69) is 27.4 Å². The molecule has 1 atom stereocenters. The lowest BCUT2D eigenvalue weighted by molar-refractivity contribution is -0.138. The molecule has 0 aromatic heterocycles. The Hall–Kier alpha value is -0.670. The average molecular weight is 467 g/mol. The Balaban J connectivity index is 3.57. The maximum atomic E-state index is 11.8. The summed E-state index contributed by atoms with van der Waals surface area (Å²) in [4.78, 5) is 11.8. The summed E-state index contributed by atoms with van der Waals surface area (Å²) in [5.41, 5.74) is -0.979. The van der Waals surface area contributed by atoms with E-state index in [-0.39, 0.29) is 11.4 Å². The lowest BCUT2D eigenvalue weighted by atomic mass is 9.98. The molecule has 0 rings (SSSR count). The predicted octanol–water partition coefficient (Wildman–Crippen LogP) is 9.37. The zero-order chi connectivity index (χ0) is 24.8. The molecule has 1 unspecified atom stereocenters. The van der Waals surface area contributed by atoms with E-state index < -0.39 is 5.60 Å². The molecule has 0 saturated carbocycles. The second-order valence-corrected chi connectivity index (χ2v) is 10.6. The maximum Gasteiger partial charge on any atom is 0.186 e.